The topological polar surface area (TPSA) is 108 Å². The van der Waals surface area contributed by atoms with Crippen LogP contribution in [0.3, 0.4) is 0 Å². The molecule has 1 unspecified atom stereocenters. The van der Waals surface area contributed by atoms with Crippen LogP contribution in [-0.4, -0.2) is 49.8 Å². The molecular formula is C10H14N2O5S. The molecule has 2 rings (SSSR count). The number of ether oxygens (including phenoxy) is 1. The smallest absolute Gasteiger partial charge is 0.254 e. The number of aromatic amines is 1. The van der Waals surface area contributed by atoms with Crippen LogP contribution in [-0.2, 0) is 4.74 Å². The van der Waals surface area contributed by atoms with Crippen molar-refractivity contribution in [2.24, 2.45) is 0 Å². The fourth-order valence-electron chi connectivity index (χ4n) is 1.88. The van der Waals surface area contributed by atoms with Crippen LogP contribution in [0.15, 0.2) is 11.0 Å². The van der Waals surface area contributed by atoms with E-state index in [1.165, 1.54) is 10.8 Å². The molecule has 1 saturated heterocycles. The number of H-pyrrole nitrogens is 1. The number of hydrogen-bond acceptors (Lipinski definition) is 6. The molecule has 4 atom stereocenters. The minimum atomic E-state index is -1.22. The van der Waals surface area contributed by atoms with Gasteiger partial charge in [0.2, 0.25) is 0 Å². The van der Waals surface area contributed by atoms with Gasteiger partial charge in [-0.2, -0.15) is 0 Å². The Morgan fingerprint density at radius 2 is 2.17 bits per heavy atom. The van der Waals surface area contributed by atoms with Crippen molar-refractivity contribution in [2.75, 3.05) is 6.61 Å². The summed E-state index contributed by atoms with van der Waals surface area (Å²) in [4.78, 5) is 13.8. The zero-order valence-electron chi connectivity index (χ0n) is 9.61. The van der Waals surface area contributed by atoms with E-state index < -0.39 is 31.1 Å². The summed E-state index contributed by atoms with van der Waals surface area (Å²) >= 11 is 4.97. The van der Waals surface area contributed by atoms with Crippen molar-refractivity contribution >= 4 is 12.2 Å². The Hall–Kier alpha value is -1.06. The fraction of sp³-hybridized carbons (Fsp3) is 0.600. The lowest BCUT2D eigenvalue weighted by Gasteiger charge is -2.18. The molecule has 1 aliphatic rings. The summed E-state index contributed by atoms with van der Waals surface area (Å²) in [5, 5.41) is 28.5. The number of nitrogens with zero attached hydrogens (tertiary/aromatic N) is 1. The first-order valence-electron chi connectivity index (χ1n) is 5.40. The summed E-state index contributed by atoms with van der Waals surface area (Å²) in [6, 6.07) is 0. The lowest BCUT2D eigenvalue weighted by atomic mass is 10.1. The van der Waals surface area contributed by atoms with Crippen molar-refractivity contribution in [3.63, 3.8) is 0 Å². The quantitative estimate of drug-likeness (QED) is 0.506. The van der Waals surface area contributed by atoms with E-state index in [2.05, 4.69) is 4.98 Å². The molecule has 0 bridgehead atoms. The van der Waals surface area contributed by atoms with Crippen LogP contribution in [0.4, 0.5) is 0 Å². The molecule has 4 N–H and O–H groups in total. The van der Waals surface area contributed by atoms with Crippen LogP contribution in [0, 0.1) is 11.7 Å². The van der Waals surface area contributed by atoms with Crippen molar-refractivity contribution in [2.45, 2.75) is 31.5 Å². The number of rotatable bonds is 2. The summed E-state index contributed by atoms with van der Waals surface area (Å²) in [6.07, 6.45) is -2.78. The number of aliphatic hydroxyl groups excluding tert-OH is 3. The van der Waals surface area contributed by atoms with Gasteiger partial charge in [0, 0.05) is 11.8 Å². The van der Waals surface area contributed by atoms with Gasteiger partial charge in [-0.3, -0.25) is 14.3 Å². The number of hydrogen-bond donors (Lipinski definition) is 4. The van der Waals surface area contributed by atoms with Gasteiger partial charge in [-0.1, -0.05) is 0 Å². The maximum absolute atomic E-state index is 11.3. The van der Waals surface area contributed by atoms with Gasteiger partial charge in [-0.25, -0.2) is 0 Å². The molecule has 0 amide bonds. The third-order valence-electron chi connectivity index (χ3n) is 2.94. The zero-order chi connectivity index (χ0) is 13.4. The van der Waals surface area contributed by atoms with Gasteiger partial charge in [0.1, 0.15) is 18.3 Å². The minimum absolute atomic E-state index is 0.0837. The molecule has 2 heterocycles. The molecule has 0 spiro atoms. The monoisotopic (exact) mass is 274 g/mol. The number of aryl methyl sites for hydroxylation is 1. The van der Waals surface area contributed by atoms with Crippen LogP contribution in [0.25, 0.3) is 0 Å². The van der Waals surface area contributed by atoms with E-state index in [0.717, 1.165) is 0 Å². The van der Waals surface area contributed by atoms with Gasteiger partial charge in [0.05, 0.1) is 6.61 Å². The highest BCUT2D eigenvalue weighted by Gasteiger charge is 2.43. The predicted octanol–water partition coefficient (Wildman–Crippen LogP) is -1.17. The molecule has 100 valence electrons. The third kappa shape index (κ3) is 2.13. The van der Waals surface area contributed by atoms with E-state index in [4.69, 9.17) is 22.1 Å². The van der Waals surface area contributed by atoms with Crippen LogP contribution in [0.2, 0.25) is 0 Å². The standard InChI is InChI=1S/C10H14N2O5S/c1-4-2-12(10(18)11-8(4)16)9-7(15)6(14)5(3-13)17-9/h2,5-7,9,13-15H,3H2,1H3,(H,11,16,18)/t5-,6?,7+,9-/m1/s1. The molecule has 1 aromatic heterocycles. The Morgan fingerprint density at radius 3 is 2.72 bits per heavy atom. The summed E-state index contributed by atoms with van der Waals surface area (Å²) in [5.41, 5.74) is 0.0873. The molecule has 8 heteroatoms. The summed E-state index contributed by atoms with van der Waals surface area (Å²) in [7, 11) is 0. The second-order valence-electron chi connectivity index (χ2n) is 4.21. The molecule has 0 aliphatic carbocycles. The Kier molecular flexibility index (Phi) is 3.64. The van der Waals surface area contributed by atoms with E-state index in [1.54, 1.807) is 6.92 Å². The van der Waals surface area contributed by atoms with Gasteiger partial charge < -0.3 is 20.1 Å². The average Bonchev–Trinajstić information content (AvgIpc) is 2.61. The first-order valence-corrected chi connectivity index (χ1v) is 5.81. The van der Waals surface area contributed by atoms with Gasteiger partial charge in [-0.05, 0) is 19.1 Å². The van der Waals surface area contributed by atoms with Crippen LogP contribution in [0.5, 0.6) is 0 Å². The van der Waals surface area contributed by atoms with Gasteiger partial charge >= 0.3 is 0 Å². The largest absolute Gasteiger partial charge is 0.394 e. The average molecular weight is 274 g/mol. The number of aliphatic hydroxyl groups is 3. The molecule has 1 aromatic rings. The molecule has 18 heavy (non-hydrogen) atoms. The van der Waals surface area contributed by atoms with E-state index in [-0.39, 0.29) is 10.3 Å². The lowest BCUT2D eigenvalue weighted by molar-refractivity contribution is -0.0542. The number of nitrogens with one attached hydrogen (secondary N) is 1. The van der Waals surface area contributed by atoms with Crippen molar-refractivity contribution in [3.05, 3.63) is 26.9 Å². The molecule has 1 fully saturated rings. The molecule has 1 aliphatic heterocycles. The SMILES string of the molecule is Cc1cn([C@@H]2O[C@H](CO)C(O)[C@@H]2O)c(=S)[nH]c1=O. The van der Waals surface area contributed by atoms with Crippen molar-refractivity contribution in [1.29, 1.82) is 0 Å². The molecule has 0 saturated carbocycles. The van der Waals surface area contributed by atoms with E-state index in [9.17, 15) is 15.0 Å². The molecule has 0 aromatic carbocycles. The van der Waals surface area contributed by atoms with Crippen molar-refractivity contribution < 1.29 is 20.1 Å². The lowest BCUT2D eigenvalue weighted by Crippen LogP contribution is -2.33. The van der Waals surface area contributed by atoms with E-state index in [0.29, 0.717) is 5.56 Å². The van der Waals surface area contributed by atoms with Gasteiger partial charge in [-0.15, -0.1) is 0 Å². The minimum Gasteiger partial charge on any atom is -0.394 e. The van der Waals surface area contributed by atoms with Gasteiger partial charge in [0.15, 0.2) is 11.0 Å². The molecule has 7 nitrogen and oxygen atoms in total. The third-order valence-corrected chi connectivity index (χ3v) is 3.25. The highest BCUT2D eigenvalue weighted by atomic mass is 32.1. The second kappa shape index (κ2) is 4.90. The Balaban J connectivity index is 2.42. The normalized spacial score (nSPS) is 31.8. The van der Waals surface area contributed by atoms with Crippen molar-refractivity contribution in [3.8, 4) is 0 Å². The summed E-state index contributed by atoms with van der Waals surface area (Å²) < 4.78 is 6.76. The Bertz CT molecular complexity index is 554. The van der Waals surface area contributed by atoms with Crippen LogP contribution >= 0.6 is 12.2 Å². The Labute approximate surface area is 107 Å². The highest BCUT2D eigenvalue weighted by molar-refractivity contribution is 7.71. The first kappa shape index (κ1) is 13.4. The highest BCUT2D eigenvalue weighted by Crippen LogP contribution is 2.29. The zero-order valence-corrected chi connectivity index (χ0v) is 10.4. The predicted molar refractivity (Wildman–Crippen MR) is 63.6 cm³/mol. The van der Waals surface area contributed by atoms with Gasteiger partial charge in [0.25, 0.3) is 5.56 Å². The maximum atomic E-state index is 11.3. The first-order chi connectivity index (χ1) is 8.45. The summed E-state index contributed by atoms with van der Waals surface area (Å²) in [6.45, 7) is 1.18. The Morgan fingerprint density at radius 1 is 1.50 bits per heavy atom. The fourth-order valence-corrected chi connectivity index (χ4v) is 2.13. The van der Waals surface area contributed by atoms with Crippen LogP contribution in [0.1, 0.15) is 11.8 Å². The summed E-state index contributed by atoms with van der Waals surface area (Å²) in [5.74, 6) is 0. The molecule has 0 radical (unpaired) electrons. The number of aromatic nitrogens is 2. The van der Waals surface area contributed by atoms with E-state index >= 15 is 0 Å². The molecular weight excluding hydrogens is 260 g/mol. The van der Waals surface area contributed by atoms with Crippen molar-refractivity contribution in [1.82, 2.24) is 9.55 Å². The second-order valence-corrected chi connectivity index (χ2v) is 4.59. The maximum Gasteiger partial charge on any atom is 0.254 e. The van der Waals surface area contributed by atoms with E-state index in [1.807, 2.05) is 0 Å². The van der Waals surface area contributed by atoms with Crippen LogP contribution < -0.4 is 5.56 Å².